The standard InChI is InChI=1S/C17H19N3O3/c1-23-16-14(8-5-10-19-16)17(22)20(11-9-15(18)21)12-13-6-3-2-4-7-13/h2-8,10H,9,11-12H2,1H3,(H2,18,21). The van der Waals surface area contributed by atoms with Crippen molar-refractivity contribution < 1.29 is 14.3 Å². The molecule has 2 amide bonds. The third-order valence-corrected chi connectivity index (χ3v) is 3.33. The van der Waals surface area contributed by atoms with Crippen LogP contribution in [0.1, 0.15) is 22.3 Å². The molecule has 2 rings (SSSR count). The van der Waals surface area contributed by atoms with Crippen molar-refractivity contribution in [2.45, 2.75) is 13.0 Å². The van der Waals surface area contributed by atoms with Crippen LogP contribution in [0.2, 0.25) is 0 Å². The van der Waals surface area contributed by atoms with Crippen molar-refractivity contribution >= 4 is 11.8 Å². The number of hydrogen-bond donors (Lipinski definition) is 1. The van der Waals surface area contributed by atoms with E-state index in [9.17, 15) is 9.59 Å². The van der Waals surface area contributed by atoms with Gasteiger partial charge in [0, 0.05) is 25.7 Å². The molecule has 0 bridgehead atoms. The topological polar surface area (TPSA) is 85.5 Å². The van der Waals surface area contributed by atoms with Crippen LogP contribution in [-0.4, -0.2) is 35.4 Å². The van der Waals surface area contributed by atoms with Crippen LogP contribution in [0.4, 0.5) is 0 Å². The van der Waals surface area contributed by atoms with E-state index in [1.165, 1.54) is 7.11 Å². The number of nitrogens with two attached hydrogens (primary N) is 1. The minimum Gasteiger partial charge on any atom is -0.480 e. The van der Waals surface area contributed by atoms with Gasteiger partial charge in [-0.25, -0.2) is 4.98 Å². The van der Waals surface area contributed by atoms with Crippen molar-refractivity contribution in [3.63, 3.8) is 0 Å². The van der Waals surface area contributed by atoms with Crippen molar-refractivity contribution in [3.05, 3.63) is 59.8 Å². The number of primary amides is 1. The molecule has 1 aromatic heterocycles. The maximum atomic E-state index is 12.8. The van der Waals surface area contributed by atoms with Gasteiger partial charge in [-0.2, -0.15) is 0 Å². The summed E-state index contributed by atoms with van der Waals surface area (Å²) in [5.41, 5.74) is 6.54. The molecule has 0 aliphatic carbocycles. The first-order valence-electron chi connectivity index (χ1n) is 7.22. The minimum absolute atomic E-state index is 0.0984. The molecule has 0 spiro atoms. The Morgan fingerprint density at radius 2 is 1.91 bits per heavy atom. The van der Waals surface area contributed by atoms with Gasteiger partial charge < -0.3 is 15.4 Å². The smallest absolute Gasteiger partial charge is 0.259 e. The fourth-order valence-corrected chi connectivity index (χ4v) is 2.19. The number of benzene rings is 1. The number of hydrogen-bond acceptors (Lipinski definition) is 4. The fourth-order valence-electron chi connectivity index (χ4n) is 2.19. The van der Waals surface area contributed by atoms with Crippen LogP contribution >= 0.6 is 0 Å². The van der Waals surface area contributed by atoms with Gasteiger partial charge in [-0.1, -0.05) is 30.3 Å². The molecule has 0 aliphatic rings. The SMILES string of the molecule is COc1ncccc1C(=O)N(CCC(N)=O)Cc1ccccc1. The van der Waals surface area contributed by atoms with E-state index in [0.717, 1.165) is 5.56 Å². The van der Waals surface area contributed by atoms with Crippen LogP contribution in [-0.2, 0) is 11.3 Å². The number of methoxy groups -OCH3 is 1. The highest BCUT2D eigenvalue weighted by molar-refractivity contribution is 5.96. The molecule has 0 radical (unpaired) electrons. The molecule has 6 nitrogen and oxygen atoms in total. The Morgan fingerprint density at radius 1 is 1.17 bits per heavy atom. The zero-order chi connectivity index (χ0) is 16.7. The van der Waals surface area contributed by atoms with Crippen LogP contribution in [0.3, 0.4) is 0 Å². The Kier molecular flexibility index (Phi) is 5.68. The lowest BCUT2D eigenvalue weighted by molar-refractivity contribution is -0.118. The molecule has 1 heterocycles. The maximum Gasteiger partial charge on any atom is 0.259 e. The number of ether oxygens (including phenoxy) is 1. The molecule has 2 N–H and O–H groups in total. The quantitative estimate of drug-likeness (QED) is 0.841. The summed E-state index contributed by atoms with van der Waals surface area (Å²) in [7, 11) is 1.46. The molecule has 2 aromatic rings. The molecule has 23 heavy (non-hydrogen) atoms. The van der Waals surface area contributed by atoms with Crippen molar-refractivity contribution in [2.24, 2.45) is 5.73 Å². The Labute approximate surface area is 134 Å². The van der Waals surface area contributed by atoms with E-state index in [0.29, 0.717) is 12.1 Å². The van der Waals surface area contributed by atoms with E-state index >= 15 is 0 Å². The summed E-state index contributed by atoms with van der Waals surface area (Å²) < 4.78 is 5.14. The van der Waals surface area contributed by atoms with Gasteiger partial charge in [-0.15, -0.1) is 0 Å². The fraction of sp³-hybridized carbons (Fsp3) is 0.235. The second kappa shape index (κ2) is 7.93. The van der Waals surface area contributed by atoms with Crippen molar-refractivity contribution in [1.82, 2.24) is 9.88 Å². The van der Waals surface area contributed by atoms with E-state index in [1.807, 2.05) is 30.3 Å². The number of nitrogens with zero attached hydrogens (tertiary/aromatic N) is 2. The van der Waals surface area contributed by atoms with Gasteiger partial charge in [0.2, 0.25) is 11.8 Å². The van der Waals surface area contributed by atoms with Gasteiger partial charge in [0.1, 0.15) is 5.56 Å². The number of carbonyl (C=O) groups is 2. The summed E-state index contributed by atoms with van der Waals surface area (Å²) >= 11 is 0. The number of carbonyl (C=O) groups excluding carboxylic acids is 2. The zero-order valence-corrected chi connectivity index (χ0v) is 12.9. The van der Waals surface area contributed by atoms with E-state index < -0.39 is 5.91 Å². The summed E-state index contributed by atoms with van der Waals surface area (Å²) in [6.07, 6.45) is 1.65. The molecule has 6 heteroatoms. The highest BCUT2D eigenvalue weighted by Crippen LogP contribution is 2.18. The molecule has 0 saturated carbocycles. The second-order valence-corrected chi connectivity index (χ2v) is 4.99. The van der Waals surface area contributed by atoms with Crippen LogP contribution in [0, 0.1) is 0 Å². The largest absolute Gasteiger partial charge is 0.480 e. The normalized spacial score (nSPS) is 10.1. The maximum absolute atomic E-state index is 12.8. The Balaban J connectivity index is 2.24. The van der Waals surface area contributed by atoms with E-state index in [-0.39, 0.29) is 24.8 Å². The number of pyridine rings is 1. The summed E-state index contributed by atoms with van der Waals surface area (Å²) in [5, 5.41) is 0. The lowest BCUT2D eigenvalue weighted by atomic mass is 10.1. The lowest BCUT2D eigenvalue weighted by Crippen LogP contribution is -2.34. The average Bonchev–Trinajstić information content (AvgIpc) is 2.58. The van der Waals surface area contributed by atoms with Crippen molar-refractivity contribution in [1.29, 1.82) is 0 Å². The molecule has 0 fully saturated rings. The first-order valence-corrected chi connectivity index (χ1v) is 7.22. The molecule has 0 saturated heterocycles. The third-order valence-electron chi connectivity index (χ3n) is 3.33. The Bertz CT molecular complexity index is 674. The van der Waals surface area contributed by atoms with Gasteiger partial charge >= 0.3 is 0 Å². The van der Waals surface area contributed by atoms with E-state index in [4.69, 9.17) is 10.5 Å². The van der Waals surface area contributed by atoms with Crippen LogP contribution in [0.5, 0.6) is 5.88 Å². The molecule has 0 atom stereocenters. The van der Waals surface area contributed by atoms with E-state index in [2.05, 4.69) is 4.98 Å². The van der Waals surface area contributed by atoms with Gasteiger partial charge in [0.05, 0.1) is 7.11 Å². The van der Waals surface area contributed by atoms with Crippen molar-refractivity contribution in [3.8, 4) is 5.88 Å². The van der Waals surface area contributed by atoms with E-state index in [1.54, 1.807) is 23.2 Å². The summed E-state index contributed by atoms with van der Waals surface area (Å²) in [6, 6.07) is 12.9. The first kappa shape index (κ1) is 16.5. The summed E-state index contributed by atoms with van der Waals surface area (Å²) in [6.45, 7) is 0.617. The highest BCUT2D eigenvalue weighted by atomic mass is 16.5. The van der Waals surface area contributed by atoms with Gasteiger partial charge in [-0.05, 0) is 17.7 Å². The first-order chi connectivity index (χ1) is 11.1. The minimum atomic E-state index is -0.450. The van der Waals surface area contributed by atoms with Gasteiger partial charge in [0.25, 0.3) is 5.91 Å². The van der Waals surface area contributed by atoms with Crippen LogP contribution in [0.25, 0.3) is 0 Å². The summed E-state index contributed by atoms with van der Waals surface area (Å²) in [4.78, 5) is 29.5. The molecular weight excluding hydrogens is 294 g/mol. The van der Waals surface area contributed by atoms with Crippen LogP contribution < -0.4 is 10.5 Å². The average molecular weight is 313 g/mol. The molecule has 1 aromatic carbocycles. The Hall–Kier alpha value is -2.89. The number of amides is 2. The number of rotatable bonds is 7. The van der Waals surface area contributed by atoms with Gasteiger partial charge in [-0.3, -0.25) is 9.59 Å². The lowest BCUT2D eigenvalue weighted by Gasteiger charge is -2.23. The van der Waals surface area contributed by atoms with Crippen molar-refractivity contribution in [2.75, 3.05) is 13.7 Å². The van der Waals surface area contributed by atoms with Crippen LogP contribution in [0.15, 0.2) is 48.7 Å². The highest BCUT2D eigenvalue weighted by Gasteiger charge is 2.20. The summed E-state index contributed by atoms with van der Waals surface area (Å²) in [5.74, 6) is -0.441. The molecule has 0 unspecified atom stereocenters. The zero-order valence-electron chi connectivity index (χ0n) is 12.9. The Morgan fingerprint density at radius 3 is 2.57 bits per heavy atom. The predicted octanol–water partition coefficient (Wildman–Crippen LogP) is 1.61. The third kappa shape index (κ3) is 4.54. The molecule has 0 aliphatic heterocycles. The predicted molar refractivity (Wildman–Crippen MR) is 85.8 cm³/mol. The monoisotopic (exact) mass is 313 g/mol. The molecule has 120 valence electrons. The number of aromatic nitrogens is 1. The van der Waals surface area contributed by atoms with Gasteiger partial charge in [0.15, 0.2) is 0 Å². The molecular formula is C17H19N3O3. The second-order valence-electron chi connectivity index (χ2n) is 4.99.